The zero-order chi connectivity index (χ0) is 16.3. The van der Waals surface area contributed by atoms with E-state index in [1.807, 2.05) is 55.5 Å². The summed E-state index contributed by atoms with van der Waals surface area (Å²) in [5.74, 6) is 2.15. The summed E-state index contributed by atoms with van der Waals surface area (Å²) in [7, 11) is 0. The SMILES string of the molecule is Brc1cccnc1.CCOc1ccccc1Oc1cccnc1. The van der Waals surface area contributed by atoms with Gasteiger partial charge in [0, 0.05) is 23.1 Å². The molecule has 0 bridgehead atoms. The van der Waals surface area contributed by atoms with Crippen molar-refractivity contribution in [3.63, 3.8) is 0 Å². The van der Waals surface area contributed by atoms with Gasteiger partial charge in [-0.1, -0.05) is 12.1 Å². The lowest BCUT2D eigenvalue weighted by Crippen LogP contribution is -1.94. The number of pyridine rings is 2. The van der Waals surface area contributed by atoms with Crippen LogP contribution in [-0.4, -0.2) is 16.6 Å². The first-order chi connectivity index (χ1) is 11.3. The summed E-state index contributed by atoms with van der Waals surface area (Å²) in [5, 5.41) is 0. The minimum atomic E-state index is 0.618. The van der Waals surface area contributed by atoms with E-state index >= 15 is 0 Å². The van der Waals surface area contributed by atoms with Gasteiger partial charge in [0.25, 0.3) is 0 Å². The highest BCUT2D eigenvalue weighted by molar-refractivity contribution is 9.10. The molecule has 5 heteroatoms. The van der Waals surface area contributed by atoms with Crippen molar-refractivity contribution in [2.45, 2.75) is 6.92 Å². The third-order valence-electron chi connectivity index (χ3n) is 2.64. The summed E-state index contributed by atoms with van der Waals surface area (Å²) in [4.78, 5) is 7.83. The van der Waals surface area contributed by atoms with Gasteiger partial charge in [-0.15, -0.1) is 0 Å². The lowest BCUT2D eigenvalue weighted by atomic mass is 10.3. The molecule has 0 aliphatic rings. The normalized spacial score (nSPS) is 9.48. The van der Waals surface area contributed by atoms with E-state index in [0.29, 0.717) is 18.1 Å². The third kappa shape index (κ3) is 6.08. The molecule has 0 fully saturated rings. The van der Waals surface area contributed by atoms with Crippen LogP contribution in [0, 0.1) is 0 Å². The molecular weight excluding hydrogens is 356 g/mol. The van der Waals surface area contributed by atoms with Crippen LogP contribution in [-0.2, 0) is 0 Å². The van der Waals surface area contributed by atoms with E-state index in [-0.39, 0.29) is 0 Å². The van der Waals surface area contributed by atoms with Crippen molar-refractivity contribution in [3.8, 4) is 17.2 Å². The highest BCUT2D eigenvalue weighted by Gasteiger charge is 2.04. The molecule has 0 unspecified atom stereocenters. The minimum Gasteiger partial charge on any atom is -0.490 e. The van der Waals surface area contributed by atoms with Gasteiger partial charge in [-0.3, -0.25) is 9.97 Å². The van der Waals surface area contributed by atoms with Crippen molar-refractivity contribution in [1.82, 2.24) is 9.97 Å². The molecule has 0 saturated heterocycles. The van der Waals surface area contributed by atoms with Crippen molar-refractivity contribution in [2.75, 3.05) is 6.61 Å². The van der Waals surface area contributed by atoms with Crippen LogP contribution in [0.5, 0.6) is 17.2 Å². The Morgan fingerprint density at radius 3 is 2.09 bits per heavy atom. The van der Waals surface area contributed by atoms with Crippen LogP contribution in [0.25, 0.3) is 0 Å². The molecule has 0 amide bonds. The predicted octanol–water partition coefficient (Wildman–Crippen LogP) is 5.12. The monoisotopic (exact) mass is 372 g/mol. The van der Waals surface area contributed by atoms with Crippen molar-refractivity contribution in [1.29, 1.82) is 0 Å². The van der Waals surface area contributed by atoms with E-state index in [9.17, 15) is 0 Å². The first-order valence-electron chi connectivity index (χ1n) is 7.15. The summed E-state index contributed by atoms with van der Waals surface area (Å²) >= 11 is 3.25. The molecule has 0 N–H and O–H groups in total. The largest absolute Gasteiger partial charge is 0.490 e. The number of para-hydroxylation sites is 2. The second kappa shape index (κ2) is 9.58. The van der Waals surface area contributed by atoms with Gasteiger partial charge in [-0.2, -0.15) is 0 Å². The van der Waals surface area contributed by atoms with E-state index in [0.717, 1.165) is 10.2 Å². The second-order valence-corrected chi connectivity index (χ2v) is 5.26. The van der Waals surface area contributed by atoms with Crippen LogP contribution < -0.4 is 9.47 Å². The Hall–Kier alpha value is -2.40. The fraction of sp³-hybridized carbons (Fsp3) is 0.111. The number of ether oxygens (including phenoxy) is 2. The highest BCUT2D eigenvalue weighted by atomic mass is 79.9. The Balaban J connectivity index is 0.000000229. The minimum absolute atomic E-state index is 0.618. The third-order valence-corrected chi connectivity index (χ3v) is 3.11. The predicted molar refractivity (Wildman–Crippen MR) is 93.9 cm³/mol. The van der Waals surface area contributed by atoms with E-state index in [1.165, 1.54) is 0 Å². The maximum absolute atomic E-state index is 5.67. The molecule has 0 atom stereocenters. The van der Waals surface area contributed by atoms with E-state index in [1.54, 1.807) is 24.8 Å². The molecule has 0 saturated carbocycles. The molecule has 23 heavy (non-hydrogen) atoms. The maximum atomic E-state index is 5.67. The zero-order valence-electron chi connectivity index (χ0n) is 12.7. The van der Waals surface area contributed by atoms with Gasteiger partial charge in [0.15, 0.2) is 11.5 Å². The van der Waals surface area contributed by atoms with Gasteiger partial charge < -0.3 is 9.47 Å². The van der Waals surface area contributed by atoms with Crippen molar-refractivity contribution in [3.05, 3.63) is 77.8 Å². The summed E-state index contributed by atoms with van der Waals surface area (Å²) in [6.45, 7) is 2.56. The Morgan fingerprint density at radius 1 is 0.870 bits per heavy atom. The topological polar surface area (TPSA) is 44.2 Å². The summed E-state index contributed by atoms with van der Waals surface area (Å²) in [6, 6.07) is 15.1. The molecule has 0 aliphatic carbocycles. The van der Waals surface area contributed by atoms with Gasteiger partial charge >= 0.3 is 0 Å². The van der Waals surface area contributed by atoms with E-state index in [2.05, 4.69) is 25.9 Å². The van der Waals surface area contributed by atoms with Crippen LogP contribution in [0.4, 0.5) is 0 Å². The molecule has 2 aromatic heterocycles. The van der Waals surface area contributed by atoms with Crippen LogP contribution in [0.15, 0.2) is 77.8 Å². The quantitative estimate of drug-likeness (QED) is 0.637. The number of nitrogens with zero attached hydrogens (tertiary/aromatic N) is 2. The average Bonchev–Trinajstić information content (AvgIpc) is 2.59. The van der Waals surface area contributed by atoms with Crippen LogP contribution in [0.1, 0.15) is 6.92 Å². The lowest BCUT2D eigenvalue weighted by Gasteiger charge is -2.10. The van der Waals surface area contributed by atoms with Crippen molar-refractivity contribution in [2.24, 2.45) is 0 Å². The number of hydrogen-bond acceptors (Lipinski definition) is 4. The number of benzene rings is 1. The van der Waals surface area contributed by atoms with E-state index in [4.69, 9.17) is 9.47 Å². The summed E-state index contributed by atoms with van der Waals surface area (Å²) < 4.78 is 12.2. The lowest BCUT2D eigenvalue weighted by molar-refractivity contribution is 0.321. The number of rotatable bonds is 4. The number of aromatic nitrogens is 2. The first kappa shape index (κ1) is 17.0. The van der Waals surface area contributed by atoms with E-state index < -0.39 is 0 Å². The molecular formula is C18H17BrN2O2. The number of halogens is 1. The summed E-state index contributed by atoms with van der Waals surface area (Å²) in [6.07, 6.45) is 6.87. The molecule has 0 radical (unpaired) electrons. The molecule has 2 heterocycles. The molecule has 4 nitrogen and oxygen atoms in total. The highest BCUT2D eigenvalue weighted by Crippen LogP contribution is 2.30. The smallest absolute Gasteiger partial charge is 0.169 e. The zero-order valence-corrected chi connectivity index (χ0v) is 14.3. The molecule has 1 aromatic carbocycles. The fourth-order valence-electron chi connectivity index (χ4n) is 1.69. The fourth-order valence-corrected chi connectivity index (χ4v) is 1.96. The van der Waals surface area contributed by atoms with Crippen molar-refractivity contribution < 1.29 is 9.47 Å². The molecule has 3 rings (SSSR count). The van der Waals surface area contributed by atoms with Gasteiger partial charge in [0.1, 0.15) is 5.75 Å². The molecule has 3 aromatic rings. The maximum Gasteiger partial charge on any atom is 0.169 e. The van der Waals surface area contributed by atoms with Gasteiger partial charge in [-0.05, 0) is 59.3 Å². The Bertz CT molecular complexity index is 694. The standard InChI is InChI=1S/C13H13NO2.C5H4BrN/c1-2-15-12-7-3-4-8-13(12)16-11-6-5-9-14-10-11;6-5-2-1-3-7-4-5/h3-10H,2H2,1H3;1-4H. The van der Waals surface area contributed by atoms with Gasteiger partial charge in [0.05, 0.1) is 12.8 Å². The number of hydrogen-bond donors (Lipinski definition) is 0. The van der Waals surface area contributed by atoms with Gasteiger partial charge in [-0.25, -0.2) is 0 Å². The van der Waals surface area contributed by atoms with Crippen LogP contribution in [0.2, 0.25) is 0 Å². The van der Waals surface area contributed by atoms with Crippen molar-refractivity contribution >= 4 is 15.9 Å². The van der Waals surface area contributed by atoms with Crippen LogP contribution >= 0.6 is 15.9 Å². The molecule has 0 aliphatic heterocycles. The average molecular weight is 373 g/mol. The molecule has 0 spiro atoms. The van der Waals surface area contributed by atoms with Gasteiger partial charge in [0.2, 0.25) is 0 Å². The van der Waals surface area contributed by atoms with Crippen LogP contribution in [0.3, 0.4) is 0 Å². The Kier molecular flexibility index (Phi) is 7.07. The molecule has 118 valence electrons. The Morgan fingerprint density at radius 2 is 1.57 bits per heavy atom. The second-order valence-electron chi connectivity index (χ2n) is 4.34. The summed E-state index contributed by atoms with van der Waals surface area (Å²) in [5.41, 5.74) is 0. The Labute approximate surface area is 144 Å². The first-order valence-corrected chi connectivity index (χ1v) is 7.94.